The Balaban J connectivity index is 1.73. The van der Waals surface area contributed by atoms with Gasteiger partial charge in [0.25, 0.3) is 0 Å². The van der Waals surface area contributed by atoms with Crippen molar-refractivity contribution >= 4 is 16.9 Å². The van der Waals surface area contributed by atoms with Crippen molar-refractivity contribution in [2.24, 2.45) is 0 Å². The second-order valence-electron chi connectivity index (χ2n) is 8.61. The SMILES string of the molecule is CCO[C@H]1CCN(Cc2c(OC)cc(C)c3[nH]ccc23)[C@H](c2ccc(C(=O)O)cc2C)C1. The van der Waals surface area contributed by atoms with Crippen molar-refractivity contribution in [2.45, 2.75) is 52.3 Å². The van der Waals surface area contributed by atoms with E-state index >= 15 is 0 Å². The van der Waals surface area contributed by atoms with Crippen LogP contribution in [0, 0.1) is 13.8 Å². The van der Waals surface area contributed by atoms with Crippen molar-refractivity contribution < 1.29 is 19.4 Å². The van der Waals surface area contributed by atoms with Crippen LogP contribution < -0.4 is 4.74 Å². The van der Waals surface area contributed by atoms with E-state index in [9.17, 15) is 9.90 Å². The van der Waals surface area contributed by atoms with Crippen molar-refractivity contribution in [3.05, 3.63) is 64.3 Å². The zero-order valence-electron chi connectivity index (χ0n) is 19.3. The number of fused-ring (bicyclic) bond motifs is 1. The number of hydrogen-bond donors (Lipinski definition) is 2. The van der Waals surface area contributed by atoms with Crippen LogP contribution in [-0.4, -0.2) is 47.3 Å². The number of H-pyrrole nitrogens is 1. The van der Waals surface area contributed by atoms with E-state index in [1.54, 1.807) is 19.2 Å². The highest BCUT2D eigenvalue weighted by atomic mass is 16.5. The molecule has 0 radical (unpaired) electrons. The van der Waals surface area contributed by atoms with E-state index in [2.05, 4.69) is 28.9 Å². The molecule has 1 aliphatic rings. The number of aromatic amines is 1. The molecule has 2 aromatic carbocycles. The summed E-state index contributed by atoms with van der Waals surface area (Å²) in [6, 6.07) is 9.82. The summed E-state index contributed by atoms with van der Waals surface area (Å²) in [6.07, 6.45) is 4.04. The number of methoxy groups -OCH3 is 1. The number of piperidine rings is 1. The fourth-order valence-electron chi connectivity index (χ4n) is 5.05. The van der Waals surface area contributed by atoms with Crippen molar-refractivity contribution in [2.75, 3.05) is 20.3 Å². The fourth-order valence-corrected chi connectivity index (χ4v) is 5.05. The molecule has 170 valence electrons. The Hall–Kier alpha value is -2.83. The molecule has 2 N–H and O–H groups in total. The first-order valence-electron chi connectivity index (χ1n) is 11.3. The summed E-state index contributed by atoms with van der Waals surface area (Å²) >= 11 is 0. The Morgan fingerprint density at radius 1 is 1.22 bits per heavy atom. The Morgan fingerprint density at radius 3 is 2.72 bits per heavy atom. The first-order chi connectivity index (χ1) is 15.4. The molecule has 0 amide bonds. The van der Waals surface area contributed by atoms with Gasteiger partial charge in [-0.2, -0.15) is 0 Å². The normalized spacial score (nSPS) is 19.4. The molecular formula is C26H32N2O4. The molecule has 0 aliphatic carbocycles. The molecule has 0 saturated carbocycles. The highest BCUT2D eigenvalue weighted by molar-refractivity contribution is 5.88. The lowest BCUT2D eigenvalue weighted by Gasteiger charge is -2.40. The molecule has 0 spiro atoms. The fraction of sp³-hybridized carbons (Fsp3) is 0.423. The topological polar surface area (TPSA) is 74.8 Å². The molecule has 6 heteroatoms. The Bertz CT molecular complexity index is 1120. The largest absolute Gasteiger partial charge is 0.496 e. The summed E-state index contributed by atoms with van der Waals surface area (Å²) in [6.45, 7) is 8.48. The first-order valence-corrected chi connectivity index (χ1v) is 11.3. The third kappa shape index (κ3) is 4.25. The van der Waals surface area contributed by atoms with E-state index in [1.807, 2.05) is 26.1 Å². The van der Waals surface area contributed by atoms with Gasteiger partial charge in [0.1, 0.15) is 5.75 Å². The third-order valence-corrected chi connectivity index (χ3v) is 6.64. The standard InChI is InChI=1S/C26H32N2O4/c1-5-32-19-9-11-28(23(14-19)20-7-6-18(26(29)30)12-16(20)2)15-22-21-8-10-27-25(21)17(3)13-24(22)31-4/h6-8,10,12-13,19,23,27H,5,9,11,14-15H2,1-4H3,(H,29,30)/t19-,23-/m0/s1. The number of rotatable bonds is 7. The van der Waals surface area contributed by atoms with Gasteiger partial charge in [0, 0.05) is 48.4 Å². The number of aryl methyl sites for hydroxylation is 2. The lowest BCUT2D eigenvalue weighted by atomic mass is 9.89. The molecule has 0 bridgehead atoms. The summed E-state index contributed by atoms with van der Waals surface area (Å²) < 4.78 is 11.8. The average molecular weight is 437 g/mol. The van der Waals surface area contributed by atoms with Crippen molar-refractivity contribution in [1.29, 1.82) is 0 Å². The number of aromatic nitrogens is 1. The minimum Gasteiger partial charge on any atom is -0.496 e. The third-order valence-electron chi connectivity index (χ3n) is 6.64. The number of carboxylic acids is 1. The molecule has 3 aromatic rings. The number of likely N-dealkylation sites (tertiary alicyclic amines) is 1. The Kier molecular flexibility index (Phi) is 6.53. The number of carboxylic acid groups (broad SMARTS) is 1. The molecular weight excluding hydrogens is 404 g/mol. The summed E-state index contributed by atoms with van der Waals surface area (Å²) in [5, 5.41) is 10.6. The van der Waals surface area contributed by atoms with Crippen LogP contribution in [-0.2, 0) is 11.3 Å². The molecule has 0 unspecified atom stereocenters. The van der Waals surface area contributed by atoms with Gasteiger partial charge in [0.2, 0.25) is 0 Å². The van der Waals surface area contributed by atoms with Crippen molar-refractivity contribution in [3.8, 4) is 5.75 Å². The quantitative estimate of drug-likeness (QED) is 0.530. The molecule has 1 saturated heterocycles. The number of ether oxygens (including phenoxy) is 2. The molecule has 32 heavy (non-hydrogen) atoms. The maximum absolute atomic E-state index is 11.4. The van der Waals surface area contributed by atoms with E-state index < -0.39 is 5.97 Å². The van der Waals surface area contributed by atoms with E-state index in [0.29, 0.717) is 12.2 Å². The van der Waals surface area contributed by atoms with Crippen LogP contribution in [0.4, 0.5) is 0 Å². The van der Waals surface area contributed by atoms with Crippen molar-refractivity contribution in [1.82, 2.24) is 9.88 Å². The van der Waals surface area contributed by atoms with Crippen LogP contribution >= 0.6 is 0 Å². The highest BCUT2D eigenvalue weighted by Gasteiger charge is 2.32. The van der Waals surface area contributed by atoms with E-state index in [-0.39, 0.29) is 12.1 Å². The molecule has 1 aromatic heterocycles. The lowest BCUT2D eigenvalue weighted by molar-refractivity contribution is -0.0139. The highest BCUT2D eigenvalue weighted by Crippen LogP contribution is 2.38. The lowest BCUT2D eigenvalue weighted by Crippen LogP contribution is -2.39. The minimum absolute atomic E-state index is 0.142. The van der Waals surface area contributed by atoms with Crippen LogP contribution in [0.3, 0.4) is 0 Å². The maximum atomic E-state index is 11.4. The number of nitrogens with one attached hydrogen (secondary N) is 1. The van der Waals surface area contributed by atoms with Crippen LogP contribution in [0.5, 0.6) is 5.75 Å². The van der Waals surface area contributed by atoms with Gasteiger partial charge in [-0.15, -0.1) is 0 Å². The predicted molar refractivity (Wildman–Crippen MR) is 126 cm³/mol. The van der Waals surface area contributed by atoms with Gasteiger partial charge < -0.3 is 19.6 Å². The summed E-state index contributed by atoms with van der Waals surface area (Å²) in [5.41, 5.74) is 5.97. The molecule has 2 heterocycles. The van der Waals surface area contributed by atoms with Gasteiger partial charge in [-0.25, -0.2) is 4.79 Å². The van der Waals surface area contributed by atoms with E-state index in [4.69, 9.17) is 9.47 Å². The summed E-state index contributed by atoms with van der Waals surface area (Å²) in [7, 11) is 1.73. The number of hydrogen-bond acceptors (Lipinski definition) is 4. The number of carbonyl (C=O) groups is 1. The Morgan fingerprint density at radius 2 is 2.03 bits per heavy atom. The van der Waals surface area contributed by atoms with Gasteiger partial charge >= 0.3 is 5.97 Å². The molecule has 6 nitrogen and oxygen atoms in total. The van der Waals surface area contributed by atoms with Gasteiger partial charge in [-0.3, -0.25) is 4.90 Å². The number of aromatic carboxylic acids is 1. The van der Waals surface area contributed by atoms with Gasteiger partial charge in [0.05, 0.1) is 18.8 Å². The van der Waals surface area contributed by atoms with E-state index in [1.165, 1.54) is 10.9 Å². The zero-order chi connectivity index (χ0) is 22.8. The number of nitrogens with zero attached hydrogens (tertiary/aromatic N) is 1. The maximum Gasteiger partial charge on any atom is 0.335 e. The second kappa shape index (κ2) is 9.35. The average Bonchev–Trinajstić information content (AvgIpc) is 3.27. The molecule has 2 atom stereocenters. The number of benzene rings is 2. The molecule has 1 aliphatic heterocycles. The van der Waals surface area contributed by atoms with Gasteiger partial charge in [0.15, 0.2) is 0 Å². The van der Waals surface area contributed by atoms with E-state index in [0.717, 1.165) is 53.9 Å². The predicted octanol–water partition coefficient (Wildman–Crippen LogP) is 5.23. The van der Waals surface area contributed by atoms with Crippen LogP contribution in [0.25, 0.3) is 10.9 Å². The van der Waals surface area contributed by atoms with Crippen LogP contribution in [0.2, 0.25) is 0 Å². The summed E-state index contributed by atoms with van der Waals surface area (Å²) in [5.74, 6) is 0.00446. The zero-order valence-corrected chi connectivity index (χ0v) is 19.3. The van der Waals surface area contributed by atoms with Crippen molar-refractivity contribution in [3.63, 3.8) is 0 Å². The van der Waals surface area contributed by atoms with Crippen LogP contribution in [0.1, 0.15) is 58.4 Å². The molecule has 4 rings (SSSR count). The smallest absolute Gasteiger partial charge is 0.335 e. The van der Waals surface area contributed by atoms with Gasteiger partial charge in [-0.1, -0.05) is 6.07 Å². The monoisotopic (exact) mass is 436 g/mol. The first kappa shape index (κ1) is 22.4. The minimum atomic E-state index is -0.897. The second-order valence-corrected chi connectivity index (χ2v) is 8.61. The molecule has 1 fully saturated rings. The summed E-state index contributed by atoms with van der Waals surface area (Å²) in [4.78, 5) is 17.3. The van der Waals surface area contributed by atoms with Gasteiger partial charge in [-0.05, 0) is 74.6 Å². The van der Waals surface area contributed by atoms with Crippen LogP contribution in [0.15, 0.2) is 36.5 Å². The Labute approximate surface area is 189 Å².